The first-order valence-corrected chi connectivity index (χ1v) is 7.36. The molecule has 0 bridgehead atoms. The van der Waals surface area contributed by atoms with Crippen LogP contribution in [0.2, 0.25) is 5.02 Å². The Morgan fingerprint density at radius 1 is 1.11 bits per heavy atom. The molecule has 0 saturated heterocycles. The third-order valence-electron chi connectivity index (χ3n) is 2.29. The van der Waals surface area contributed by atoms with Gasteiger partial charge in [0, 0.05) is 22.0 Å². The van der Waals surface area contributed by atoms with Crippen LogP contribution in [-0.2, 0) is 5.33 Å². The first-order valence-electron chi connectivity index (χ1n) is 5.07. The minimum absolute atomic E-state index is 0.351. The topological polar surface area (TPSA) is 9.23 Å². The maximum absolute atomic E-state index is 13.2. The van der Waals surface area contributed by atoms with Crippen molar-refractivity contribution < 1.29 is 9.13 Å². The van der Waals surface area contributed by atoms with E-state index in [0.717, 1.165) is 5.56 Å². The number of alkyl halides is 1. The second-order valence-electron chi connectivity index (χ2n) is 3.56. The quantitative estimate of drug-likeness (QED) is 0.587. The zero-order valence-electron chi connectivity index (χ0n) is 9.09. The molecule has 0 heterocycles. The summed E-state index contributed by atoms with van der Waals surface area (Å²) in [6.07, 6.45) is 0. The highest BCUT2D eigenvalue weighted by molar-refractivity contribution is 9.10. The highest BCUT2D eigenvalue weighted by atomic mass is 79.9. The molecule has 18 heavy (non-hydrogen) atoms. The number of halogens is 4. The molecule has 0 aliphatic carbocycles. The van der Waals surface area contributed by atoms with Gasteiger partial charge in [0.1, 0.15) is 17.3 Å². The molecule has 0 fully saturated rings. The van der Waals surface area contributed by atoms with Gasteiger partial charge >= 0.3 is 0 Å². The van der Waals surface area contributed by atoms with Crippen LogP contribution in [0.4, 0.5) is 4.39 Å². The van der Waals surface area contributed by atoms with Crippen LogP contribution in [0.1, 0.15) is 5.56 Å². The van der Waals surface area contributed by atoms with Crippen LogP contribution >= 0.6 is 43.5 Å². The van der Waals surface area contributed by atoms with E-state index < -0.39 is 0 Å². The summed E-state index contributed by atoms with van der Waals surface area (Å²) in [7, 11) is 0. The molecule has 0 amide bonds. The second-order valence-corrected chi connectivity index (χ2v) is 5.41. The normalized spacial score (nSPS) is 10.4. The first-order chi connectivity index (χ1) is 8.60. The molecular formula is C13H8Br2ClFO. The van der Waals surface area contributed by atoms with Crippen LogP contribution in [-0.4, -0.2) is 0 Å². The lowest BCUT2D eigenvalue weighted by molar-refractivity contribution is 0.470. The minimum Gasteiger partial charge on any atom is -0.456 e. The van der Waals surface area contributed by atoms with Gasteiger partial charge in [-0.3, -0.25) is 0 Å². The summed E-state index contributed by atoms with van der Waals surface area (Å²) >= 11 is 12.6. The molecule has 0 radical (unpaired) electrons. The average molecular weight is 394 g/mol. The molecule has 0 aliphatic heterocycles. The molecule has 0 unspecified atom stereocenters. The maximum atomic E-state index is 13.2. The lowest BCUT2D eigenvalue weighted by Gasteiger charge is -2.11. The van der Waals surface area contributed by atoms with Crippen molar-refractivity contribution in [1.82, 2.24) is 0 Å². The Kier molecular flexibility index (Phi) is 4.65. The Balaban J connectivity index is 2.38. The van der Waals surface area contributed by atoms with Crippen molar-refractivity contribution in [3.8, 4) is 11.5 Å². The summed E-state index contributed by atoms with van der Waals surface area (Å²) in [4.78, 5) is 0. The predicted molar refractivity (Wildman–Crippen MR) is 78.3 cm³/mol. The van der Waals surface area contributed by atoms with Crippen molar-refractivity contribution in [3.63, 3.8) is 0 Å². The number of ether oxygens (including phenoxy) is 1. The van der Waals surface area contributed by atoms with E-state index in [1.165, 1.54) is 12.1 Å². The third kappa shape index (κ3) is 3.25. The minimum atomic E-state index is -0.351. The molecule has 5 heteroatoms. The Morgan fingerprint density at radius 2 is 1.89 bits per heavy atom. The largest absolute Gasteiger partial charge is 0.456 e. The van der Waals surface area contributed by atoms with Crippen LogP contribution in [0.15, 0.2) is 40.9 Å². The van der Waals surface area contributed by atoms with E-state index >= 15 is 0 Å². The summed E-state index contributed by atoms with van der Waals surface area (Å²) in [5.74, 6) is 0.667. The van der Waals surface area contributed by atoms with E-state index in [9.17, 15) is 4.39 Å². The molecule has 0 saturated carbocycles. The molecule has 0 spiro atoms. The molecule has 1 nitrogen and oxygen atoms in total. The van der Waals surface area contributed by atoms with Gasteiger partial charge in [-0.05, 0) is 40.2 Å². The van der Waals surface area contributed by atoms with Gasteiger partial charge < -0.3 is 4.74 Å². The summed E-state index contributed by atoms with van der Waals surface area (Å²) in [6, 6.07) is 9.63. The standard InChI is InChI=1S/C13H8Br2ClFO/c14-7-8-1-2-9(16)5-12(8)18-13-6-10(17)3-4-11(13)15/h1-6H,7H2. The van der Waals surface area contributed by atoms with Gasteiger partial charge in [0.2, 0.25) is 0 Å². The lowest BCUT2D eigenvalue weighted by Crippen LogP contribution is -1.91. The fraction of sp³-hybridized carbons (Fsp3) is 0.0769. The Labute approximate surface area is 126 Å². The number of rotatable bonds is 3. The molecule has 0 N–H and O–H groups in total. The lowest BCUT2D eigenvalue weighted by atomic mass is 10.2. The van der Waals surface area contributed by atoms with Crippen LogP contribution in [0.3, 0.4) is 0 Å². The van der Waals surface area contributed by atoms with Crippen LogP contribution in [0.5, 0.6) is 11.5 Å². The van der Waals surface area contributed by atoms with Crippen molar-refractivity contribution in [1.29, 1.82) is 0 Å². The van der Waals surface area contributed by atoms with Gasteiger partial charge in [-0.15, -0.1) is 0 Å². The first kappa shape index (κ1) is 13.8. The van der Waals surface area contributed by atoms with Gasteiger partial charge in [0.25, 0.3) is 0 Å². The zero-order valence-corrected chi connectivity index (χ0v) is 13.0. The zero-order chi connectivity index (χ0) is 13.1. The fourth-order valence-electron chi connectivity index (χ4n) is 1.41. The maximum Gasteiger partial charge on any atom is 0.144 e. The highest BCUT2D eigenvalue weighted by Gasteiger charge is 2.08. The van der Waals surface area contributed by atoms with Gasteiger partial charge in [-0.25, -0.2) is 4.39 Å². The van der Waals surface area contributed by atoms with Gasteiger partial charge in [-0.2, -0.15) is 0 Å². The van der Waals surface area contributed by atoms with Crippen LogP contribution in [0.25, 0.3) is 0 Å². The Hall–Kier alpha value is -0.580. The molecule has 2 rings (SSSR count). The molecule has 2 aromatic rings. The summed E-state index contributed by atoms with van der Waals surface area (Å²) in [5.41, 5.74) is 0.940. The molecular weight excluding hydrogens is 386 g/mol. The Morgan fingerprint density at radius 3 is 2.61 bits per heavy atom. The van der Waals surface area contributed by atoms with E-state index in [1.54, 1.807) is 18.2 Å². The SMILES string of the molecule is Fc1ccc(Br)c(Oc2cc(Cl)ccc2CBr)c1. The highest BCUT2D eigenvalue weighted by Crippen LogP contribution is 2.34. The van der Waals surface area contributed by atoms with Gasteiger partial charge in [0.15, 0.2) is 0 Å². The van der Waals surface area contributed by atoms with Crippen molar-refractivity contribution in [2.24, 2.45) is 0 Å². The van der Waals surface area contributed by atoms with Crippen molar-refractivity contribution in [2.45, 2.75) is 5.33 Å². The molecule has 2 aromatic carbocycles. The summed E-state index contributed by atoms with van der Waals surface area (Å²) < 4.78 is 19.6. The molecule has 0 aromatic heterocycles. The molecule has 0 aliphatic rings. The smallest absolute Gasteiger partial charge is 0.144 e. The van der Waals surface area contributed by atoms with Crippen LogP contribution in [0, 0.1) is 5.82 Å². The average Bonchev–Trinajstić information content (AvgIpc) is 2.34. The Bertz CT molecular complexity index is 575. The monoisotopic (exact) mass is 392 g/mol. The van der Waals surface area contributed by atoms with E-state index in [-0.39, 0.29) is 5.82 Å². The van der Waals surface area contributed by atoms with E-state index in [0.29, 0.717) is 26.3 Å². The third-order valence-corrected chi connectivity index (χ3v) is 3.78. The predicted octanol–water partition coefficient (Wildman–Crippen LogP) is 5.93. The molecule has 0 atom stereocenters. The van der Waals surface area contributed by atoms with E-state index in [2.05, 4.69) is 31.9 Å². The number of hydrogen-bond donors (Lipinski definition) is 0. The number of hydrogen-bond acceptors (Lipinski definition) is 1. The van der Waals surface area contributed by atoms with E-state index in [1.807, 2.05) is 6.07 Å². The fourth-order valence-corrected chi connectivity index (χ4v) is 2.36. The second kappa shape index (κ2) is 6.04. The molecule has 94 valence electrons. The van der Waals surface area contributed by atoms with Gasteiger partial charge in [-0.1, -0.05) is 33.6 Å². The van der Waals surface area contributed by atoms with Crippen molar-refractivity contribution >= 4 is 43.5 Å². The summed E-state index contributed by atoms with van der Waals surface area (Å²) in [6.45, 7) is 0. The van der Waals surface area contributed by atoms with Crippen molar-refractivity contribution in [3.05, 3.63) is 57.3 Å². The number of benzene rings is 2. The summed E-state index contributed by atoms with van der Waals surface area (Å²) in [5, 5.41) is 1.20. The van der Waals surface area contributed by atoms with Crippen LogP contribution < -0.4 is 4.74 Å². The van der Waals surface area contributed by atoms with E-state index in [4.69, 9.17) is 16.3 Å². The van der Waals surface area contributed by atoms with Gasteiger partial charge in [0.05, 0.1) is 4.47 Å². The van der Waals surface area contributed by atoms with Crippen molar-refractivity contribution in [2.75, 3.05) is 0 Å².